The van der Waals surface area contributed by atoms with Gasteiger partial charge in [-0.3, -0.25) is 9.59 Å². The number of carbonyl (C=O) groups excluding carboxylic acids is 2. The van der Waals surface area contributed by atoms with Crippen LogP contribution in [-0.4, -0.2) is 44.2 Å². The number of ether oxygens (including phenoxy) is 1. The lowest BCUT2D eigenvalue weighted by Gasteiger charge is -2.41. The normalized spacial score (nSPS) is 24.2. The average molecular weight is 388 g/mol. The summed E-state index contributed by atoms with van der Waals surface area (Å²) >= 11 is 0. The second-order valence-corrected chi connectivity index (χ2v) is 8.28. The molecule has 1 amide bonds. The number of hydrogen-bond donors (Lipinski definition) is 2. The number of quaternary nitrogens is 1. The van der Waals surface area contributed by atoms with Gasteiger partial charge in [-0.05, 0) is 50.5 Å². The molecule has 1 aromatic rings. The first-order valence-corrected chi connectivity index (χ1v) is 11.0. The van der Waals surface area contributed by atoms with Gasteiger partial charge in [0.15, 0.2) is 0 Å². The Morgan fingerprint density at radius 2 is 1.86 bits per heavy atom. The number of rotatable bonds is 9. The molecule has 1 aromatic carbocycles. The van der Waals surface area contributed by atoms with Crippen molar-refractivity contribution < 1.29 is 19.2 Å². The van der Waals surface area contributed by atoms with Crippen molar-refractivity contribution >= 4 is 11.9 Å². The first-order chi connectivity index (χ1) is 13.7. The zero-order valence-corrected chi connectivity index (χ0v) is 17.0. The second-order valence-electron chi connectivity index (χ2n) is 8.28. The van der Waals surface area contributed by atoms with Crippen LogP contribution in [0.3, 0.4) is 0 Å². The van der Waals surface area contributed by atoms with Gasteiger partial charge < -0.3 is 15.0 Å². The van der Waals surface area contributed by atoms with E-state index in [2.05, 4.69) is 17.4 Å². The van der Waals surface area contributed by atoms with Crippen LogP contribution in [-0.2, 0) is 20.7 Å². The molecule has 5 heteroatoms. The van der Waals surface area contributed by atoms with Gasteiger partial charge >= 0.3 is 5.97 Å². The van der Waals surface area contributed by atoms with Crippen LogP contribution >= 0.6 is 0 Å². The number of carbonyl (C=O) groups is 2. The van der Waals surface area contributed by atoms with Crippen molar-refractivity contribution in [2.45, 2.75) is 63.8 Å². The molecule has 2 aliphatic rings. The Morgan fingerprint density at radius 3 is 2.71 bits per heavy atom. The molecule has 0 aromatic heterocycles. The predicted octanol–water partition coefficient (Wildman–Crippen LogP) is 1.91. The van der Waals surface area contributed by atoms with Gasteiger partial charge in [-0.2, -0.15) is 0 Å². The molecule has 2 heterocycles. The highest BCUT2D eigenvalue weighted by molar-refractivity contribution is 5.77. The third kappa shape index (κ3) is 6.62. The summed E-state index contributed by atoms with van der Waals surface area (Å²) in [6.45, 7) is 3.77. The maximum Gasteiger partial charge on any atom is 0.305 e. The maximum absolute atomic E-state index is 12.1. The van der Waals surface area contributed by atoms with Crippen molar-refractivity contribution in [1.82, 2.24) is 5.32 Å². The van der Waals surface area contributed by atoms with Crippen molar-refractivity contribution in [2.75, 3.05) is 26.2 Å². The molecule has 3 atom stereocenters. The summed E-state index contributed by atoms with van der Waals surface area (Å²) in [6.07, 6.45) is 8.47. The Morgan fingerprint density at radius 1 is 1.04 bits per heavy atom. The van der Waals surface area contributed by atoms with E-state index >= 15 is 0 Å². The number of piperidine rings is 2. The van der Waals surface area contributed by atoms with Gasteiger partial charge in [0.25, 0.3) is 0 Å². The van der Waals surface area contributed by atoms with Gasteiger partial charge in [-0.15, -0.1) is 0 Å². The monoisotopic (exact) mass is 387 g/mol. The van der Waals surface area contributed by atoms with E-state index in [1.165, 1.54) is 50.8 Å². The molecule has 2 N–H and O–H groups in total. The molecule has 2 aliphatic heterocycles. The summed E-state index contributed by atoms with van der Waals surface area (Å²) in [4.78, 5) is 25.7. The highest BCUT2D eigenvalue weighted by Gasteiger charge is 2.37. The second kappa shape index (κ2) is 11.2. The highest BCUT2D eigenvalue weighted by Crippen LogP contribution is 2.20. The molecule has 1 unspecified atom stereocenters. The van der Waals surface area contributed by atoms with Crippen LogP contribution in [0, 0.1) is 5.92 Å². The van der Waals surface area contributed by atoms with Gasteiger partial charge in [0.2, 0.25) is 5.91 Å². The minimum absolute atomic E-state index is 0.0115. The largest absolute Gasteiger partial charge is 0.465 e. The summed E-state index contributed by atoms with van der Waals surface area (Å²) in [5, 5.41) is 2.93. The van der Waals surface area contributed by atoms with Gasteiger partial charge in [-0.25, -0.2) is 0 Å². The standard InChI is InChI=1S/C23H34N2O3/c26-22(24-15-14-19-8-2-1-3-9-19)12-6-13-23(27)28-18-20-10-7-17-25-16-5-4-11-21(20)25/h1-3,8-9,20-21H,4-7,10-18H2,(H,24,26)/p+1/t20-,21+/m0/s1. The number of esters is 1. The summed E-state index contributed by atoms with van der Waals surface area (Å²) in [5.74, 6) is 0.381. The third-order valence-corrected chi connectivity index (χ3v) is 6.25. The predicted molar refractivity (Wildman–Crippen MR) is 109 cm³/mol. The lowest BCUT2D eigenvalue weighted by Crippen LogP contribution is -3.18. The van der Waals surface area contributed by atoms with E-state index in [4.69, 9.17) is 4.74 Å². The maximum atomic E-state index is 12.1. The van der Waals surface area contributed by atoms with Crippen molar-refractivity contribution in [3.8, 4) is 0 Å². The Labute approximate surface area is 168 Å². The van der Waals surface area contributed by atoms with E-state index in [1.54, 1.807) is 4.90 Å². The smallest absolute Gasteiger partial charge is 0.305 e. The van der Waals surface area contributed by atoms with Crippen LogP contribution in [0.1, 0.15) is 56.9 Å². The Hall–Kier alpha value is -1.88. The fourth-order valence-corrected chi connectivity index (χ4v) is 4.72. The van der Waals surface area contributed by atoms with Crippen molar-refractivity contribution in [3.05, 3.63) is 35.9 Å². The van der Waals surface area contributed by atoms with Crippen LogP contribution in [0.4, 0.5) is 0 Å². The molecule has 0 radical (unpaired) electrons. The van der Waals surface area contributed by atoms with E-state index in [9.17, 15) is 9.59 Å². The first kappa shape index (κ1) is 20.8. The van der Waals surface area contributed by atoms with Gasteiger partial charge in [0.05, 0.1) is 25.7 Å². The minimum atomic E-state index is -0.153. The highest BCUT2D eigenvalue weighted by atomic mass is 16.5. The number of benzene rings is 1. The number of fused-ring (bicyclic) bond motifs is 1. The molecule has 5 nitrogen and oxygen atoms in total. The van der Waals surface area contributed by atoms with Crippen molar-refractivity contribution in [1.29, 1.82) is 0 Å². The molecule has 0 bridgehead atoms. The zero-order chi connectivity index (χ0) is 19.6. The fourth-order valence-electron chi connectivity index (χ4n) is 4.72. The molecular formula is C23H35N2O3+. The van der Waals surface area contributed by atoms with Gasteiger partial charge in [0, 0.05) is 25.3 Å². The minimum Gasteiger partial charge on any atom is -0.465 e. The van der Waals surface area contributed by atoms with Crippen LogP contribution in [0.2, 0.25) is 0 Å². The van der Waals surface area contributed by atoms with E-state index in [0.717, 1.165) is 6.42 Å². The number of nitrogens with one attached hydrogen (secondary N) is 2. The third-order valence-electron chi connectivity index (χ3n) is 6.25. The topological polar surface area (TPSA) is 59.8 Å². The molecule has 0 aliphatic carbocycles. The Bertz CT molecular complexity index is 618. The summed E-state index contributed by atoms with van der Waals surface area (Å²) < 4.78 is 5.57. The SMILES string of the molecule is O=C(CCCC(=O)OC[C@@H]1CCC[NH+]2CCCC[C@H]12)NCCc1ccccc1. The van der Waals surface area contributed by atoms with Gasteiger partial charge in [0.1, 0.15) is 0 Å². The summed E-state index contributed by atoms with van der Waals surface area (Å²) in [7, 11) is 0. The van der Waals surface area contributed by atoms with E-state index in [-0.39, 0.29) is 11.9 Å². The van der Waals surface area contributed by atoms with E-state index < -0.39 is 0 Å². The summed E-state index contributed by atoms with van der Waals surface area (Å²) in [5.41, 5.74) is 1.22. The Kier molecular flexibility index (Phi) is 8.34. The van der Waals surface area contributed by atoms with Crippen molar-refractivity contribution in [2.24, 2.45) is 5.92 Å². The van der Waals surface area contributed by atoms with E-state index in [1.807, 2.05) is 18.2 Å². The van der Waals surface area contributed by atoms with Crippen LogP contribution in [0.25, 0.3) is 0 Å². The number of amides is 1. The molecular weight excluding hydrogens is 352 g/mol. The molecule has 2 saturated heterocycles. The zero-order valence-electron chi connectivity index (χ0n) is 17.0. The molecule has 154 valence electrons. The quantitative estimate of drug-likeness (QED) is 0.637. The lowest BCUT2D eigenvalue weighted by atomic mass is 9.84. The fraction of sp³-hybridized carbons (Fsp3) is 0.652. The lowest BCUT2D eigenvalue weighted by molar-refractivity contribution is -0.940. The molecule has 3 rings (SSSR count). The van der Waals surface area contributed by atoms with Crippen LogP contribution < -0.4 is 10.2 Å². The summed E-state index contributed by atoms with van der Waals surface area (Å²) in [6, 6.07) is 10.8. The number of hydrogen-bond acceptors (Lipinski definition) is 3. The molecule has 0 spiro atoms. The Balaban J connectivity index is 1.25. The van der Waals surface area contributed by atoms with Crippen LogP contribution in [0.15, 0.2) is 30.3 Å². The molecule has 2 fully saturated rings. The van der Waals surface area contributed by atoms with Gasteiger partial charge in [-0.1, -0.05) is 30.3 Å². The molecule has 28 heavy (non-hydrogen) atoms. The van der Waals surface area contributed by atoms with E-state index in [0.29, 0.717) is 44.4 Å². The van der Waals surface area contributed by atoms with Crippen LogP contribution in [0.5, 0.6) is 0 Å². The first-order valence-electron chi connectivity index (χ1n) is 11.0. The van der Waals surface area contributed by atoms with Crippen molar-refractivity contribution in [3.63, 3.8) is 0 Å². The average Bonchev–Trinajstić information content (AvgIpc) is 2.73. The molecule has 0 saturated carbocycles.